The van der Waals surface area contributed by atoms with Crippen molar-refractivity contribution < 1.29 is 18.0 Å². The zero-order valence-corrected chi connectivity index (χ0v) is 12.8. The summed E-state index contributed by atoms with van der Waals surface area (Å²) in [5, 5.41) is 4.53. The van der Waals surface area contributed by atoms with E-state index in [1.807, 2.05) is 0 Å². The van der Waals surface area contributed by atoms with E-state index in [2.05, 4.69) is 15.0 Å². The lowest BCUT2D eigenvalue weighted by Crippen LogP contribution is -2.33. The highest BCUT2D eigenvalue weighted by atomic mass is 35.5. The smallest absolute Gasteiger partial charge is 0.341 e. The third-order valence-corrected chi connectivity index (χ3v) is 3.93. The Labute approximate surface area is 136 Å². The molecule has 5 nitrogen and oxygen atoms in total. The van der Waals surface area contributed by atoms with Gasteiger partial charge in [0.1, 0.15) is 17.3 Å². The van der Waals surface area contributed by atoms with Gasteiger partial charge in [0.25, 0.3) is 5.91 Å². The number of nitrogens with zero attached hydrogens (tertiary/aromatic N) is 2. The van der Waals surface area contributed by atoms with E-state index in [0.717, 1.165) is 16.7 Å². The fourth-order valence-electron chi connectivity index (χ4n) is 1.89. The van der Waals surface area contributed by atoms with E-state index in [-0.39, 0.29) is 5.01 Å². The molecule has 0 aromatic carbocycles. The van der Waals surface area contributed by atoms with Crippen molar-refractivity contribution in [1.82, 2.24) is 20.3 Å². The average Bonchev–Trinajstić information content (AvgIpc) is 3.08. The molecule has 0 radical (unpaired) electrons. The summed E-state index contributed by atoms with van der Waals surface area (Å²) in [6, 6.07) is 3.47. The second-order valence-electron chi connectivity index (χ2n) is 4.61. The summed E-state index contributed by atoms with van der Waals surface area (Å²) in [7, 11) is 0. The number of pyridine rings is 1. The number of carbonyl (C=O) groups is 1. The van der Waals surface area contributed by atoms with Crippen LogP contribution in [0.3, 0.4) is 0 Å². The van der Waals surface area contributed by atoms with Gasteiger partial charge in [-0.15, -0.1) is 11.3 Å². The van der Waals surface area contributed by atoms with Crippen molar-refractivity contribution in [2.45, 2.75) is 6.18 Å². The van der Waals surface area contributed by atoms with Crippen LogP contribution in [0.4, 0.5) is 13.2 Å². The number of hydrogen-bond acceptors (Lipinski definition) is 4. The van der Waals surface area contributed by atoms with Crippen LogP contribution < -0.4 is 5.32 Å². The first-order chi connectivity index (χ1) is 10.8. The van der Waals surface area contributed by atoms with E-state index in [1.54, 1.807) is 29.0 Å². The molecular weight excluding hydrogens is 353 g/mol. The molecule has 3 rings (SSSR count). The van der Waals surface area contributed by atoms with Gasteiger partial charge < -0.3 is 10.3 Å². The van der Waals surface area contributed by atoms with Crippen molar-refractivity contribution in [3.8, 4) is 11.3 Å². The van der Waals surface area contributed by atoms with Gasteiger partial charge in [0, 0.05) is 22.5 Å². The quantitative estimate of drug-likeness (QED) is 0.749. The van der Waals surface area contributed by atoms with Crippen LogP contribution in [0.5, 0.6) is 0 Å². The zero-order chi connectivity index (χ0) is 16.6. The van der Waals surface area contributed by atoms with Crippen LogP contribution >= 0.6 is 22.9 Å². The minimum atomic E-state index is -4.46. The average molecular weight is 361 g/mol. The molecule has 0 fully saturated rings. The fourth-order valence-corrected chi connectivity index (χ4v) is 2.84. The van der Waals surface area contributed by atoms with Crippen molar-refractivity contribution >= 4 is 39.9 Å². The number of carbonyl (C=O) groups excluding carboxylic acids is 1. The number of rotatable bonds is 3. The van der Waals surface area contributed by atoms with Gasteiger partial charge in [0.05, 0.1) is 5.69 Å². The molecule has 0 spiro atoms. The number of fused-ring (bicyclic) bond motifs is 1. The van der Waals surface area contributed by atoms with Gasteiger partial charge in [-0.1, -0.05) is 11.6 Å². The largest absolute Gasteiger partial charge is 0.405 e. The van der Waals surface area contributed by atoms with Gasteiger partial charge in [-0.3, -0.25) is 4.79 Å². The lowest BCUT2D eigenvalue weighted by atomic mass is 10.2. The molecule has 10 heteroatoms. The number of H-pyrrole nitrogens is 1. The van der Waals surface area contributed by atoms with Crippen LogP contribution in [0.1, 0.15) is 9.80 Å². The second kappa shape index (κ2) is 5.82. The maximum absolute atomic E-state index is 12.1. The van der Waals surface area contributed by atoms with Crippen molar-refractivity contribution in [1.29, 1.82) is 0 Å². The number of nitrogens with one attached hydrogen (secondary N) is 2. The first-order valence-electron chi connectivity index (χ1n) is 6.27. The molecule has 0 saturated carbocycles. The van der Waals surface area contributed by atoms with Crippen LogP contribution in [0.25, 0.3) is 22.3 Å². The Kier molecular flexibility index (Phi) is 3.99. The third-order valence-electron chi connectivity index (χ3n) is 2.88. The minimum Gasteiger partial charge on any atom is -0.341 e. The molecule has 3 aromatic rings. The number of amides is 1. The number of hydrogen-bond donors (Lipinski definition) is 2. The molecule has 23 heavy (non-hydrogen) atoms. The van der Waals surface area contributed by atoms with Gasteiger partial charge in [-0.25, -0.2) is 9.97 Å². The van der Waals surface area contributed by atoms with Crippen LogP contribution in [0.2, 0.25) is 5.15 Å². The maximum atomic E-state index is 12.1. The third kappa shape index (κ3) is 3.62. The normalized spacial score (nSPS) is 11.8. The Hall–Kier alpha value is -2.13. The van der Waals surface area contributed by atoms with Gasteiger partial charge in [-0.05, 0) is 12.1 Å². The summed E-state index contributed by atoms with van der Waals surface area (Å²) in [6.45, 7) is -1.39. The highest BCUT2D eigenvalue weighted by Gasteiger charge is 2.28. The van der Waals surface area contributed by atoms with E-state index in [0.29, 0.717) is 22.1 Å². The van der Waals surface area contributed by atoms with Crippen molar-refractivity contribution in [3.63, 3.8) is 0 Å². The van der Waals surface area contributed by atoms with Crippen LogP contribution in [0, 0.1) is 0 Å². The molecule has 2 N–H and O–H groups in total. The number of alkyl halides is 3. The summed E-state index contributed by atoms with van der Waals surface area (Å²) in [6.07, 6.45) is -2.92. The Morgan fingerprint density at radius 2 is 2.17 bits per heavy atom. The first-order valence-corrected chi connectivity index (χ1v) is 7.53. The monoisotopic (exact) mass is 360 g/mol. The lowest BCUT2D eigenvalue weighted by Gasteiger charge is -2.06. The van der Waals surface area contributed by atoms with Gasteiger partial charge in [-0.2, -0.15) is 13.2 Å². The first kappa shape index (κ1) is 15.8. The highest BCUT2D eigenvalue weighted by Crippen LogP contribution is 2.26. The summed E-state index contributed by atoms with van der Waals surface area (Å²) < 4.78 is 36.3. The predicted molar refractivity (Wildman–Crippen MR) is 80.6 cm³/mol. The van der Waals surface area contributed by atoms with Crippen molar-refractivity contribution in [2.24, 2.45) is 0 Å². The van der Waals surface area contributed by atoms with Crippen LogP contribution in [-0.4, -0.2) is 33.6 Å². The van der Waals surface area contributed by atoms with E-state index in [1.165, 1.54) is 0 Å². The maximum Gasteiger partial charge on any atom is 0.405 e. The van der Waals surface area contributed by atoms with E-state index in [4.69, 9.17) is 11.6 Å². The molecule has 0 bridgehead atoms. The standard InChI is InChI=1S/C13H8ClF3N4OS/c14-9-2-6-1-7(3-18-10(6)21-9)8-4-23-12(20-8)11(22)19-5-13(15,16)17/h1-4H,5H2,(H,18,21)(H,19,22). The second-order valence-corrected chi connectivity index (χ2v) is 5.88. The number of aromatic nitrogens is 3. The minimum absolute atomic E-state index is 0.0450. The zero-order valence-electron chi connectivity index (χ0n) is 11.2. The van der Waals surface area contributed by atoms with Crippen molar-refractivity contribution in [3.05, 3.63) is 33.9 Å². The number of halogens is 4. The van der Waals surface area contributed by atoms with E-state index >= 15 is 0 Å². The van der Waals surface area contributed by atoms with Gasteiger partial charge >= 0.3 is 6.18 Å². The molecule has 0 unspecified atom stereocenters. The topological polar surface area (TPSA) is 70.7 Å². The Morgan fingerprint density at radius 1 is 1.39 bits per heavy atom. The molecule has 0 aliphatic carbocycles. The Balaban J connectivity index is 1.81. The highest BCUT2D eigenvalue weighted by molar-refractivity contribution is 7.12. The van der Waals surface area contributed by atoms with Gasteiger partial charge in [0.15, 0.2) is 5.01 Å². The van der Waals surface area contributed by atoms with E-state index in [9.17, 15) is 18.0 Å². The lowest BCUT2D eigenvalue weighted by molar-refractivity contribution is -0.123. The van der Waals surface area contributed by atoms with E-state index < -0.39 is 18.6 Å². The molecule has 3 aromatic heterocycles. The molecule has 0 saturated heterocycles. The molecule has 120 valence electrons. The van der Waals surface area contributed by atoms with Crippen LogP contribution in [-0.2, 0) is 0 Å². The molecule has 3 heterocycles. The van der Waals surface area contributed by atoms with Gasteiger partial charge in [0.2, 0.25) is 0 Å². The molecule has 1 amide bonds. The Morgan fingerprint density at radius 3 is 2.91 bits per heavy atom. The number of aromatic amines is 1. The summed E-state index contributed by atoms with van der Waals surface area (Å²) in [5.74, 6) is -0.864. The number of thiazole rings is 1. The summed E-state index contributed by atoms with van der Waals surface area (Å²) in [5.41, 5.74) is 1.70. The molecule has 0 aliphatic heterocycles. The predicted octanol–water partition coefficient (Wildman–Crippen LogP) is 3.63. The molecule has 0 atom stereocenters. The molecular formula is C13H8ClF3N4OS. The summed E-state index contributed by atoms with van der Waals surface area (Å²) in [4.78, 5) is 22.7. The summed E-state index contributed by atoms with van der Waals surface area (Å²) >= 11 is 6.81. The molecule has 0 aliphatic rings. The van der Waals surface area contributed by atoms with Crippen molar-refractivity contribution in [2.75, 3.05) is 6.54 Å². The Bertz CT molecular complexity index is 874. The SMILES string of the molecule is O=C(NCC(F)(F)F)c1nc(-c2cnc3[nH]c(Cl)cc3c2)cs1. The fraction of sp³-hybridized carbons (Fsp3) is 0.154. The van der Waals surface area contributed by atoms with Crippen LogP contribution in [0.15, 0.2) is 23.7 Å².